The van der Waals surface area contributed by atoms with Gasteiger partial charge in [0.1, 0.15) is 0 Å². The second-order valence-corrected chi connectivity index (χ2v) is 9.07. The molecule has 0 spiro atoms. The van der Waals surface area contributed by atoms with Crippen LogP contribution in [0, 0.1) is 9.77 Å². The molecular formula is C14H16IN3O2V-2. The van der Waals surface area contributed by atoms with Gasteiger partial charge in [-0.1, -0.05) is 0 Å². The molecule has 7 heteroatoms. The molecule has 0 saturated heterocycles. The molecule has 1 aromatic carbocycles. The van der Waals surface area contributed by atoms with E-state index in [0.29, 0.717) is 5.75 Å². The molecule has 2 aromatic rings. The van der Waals surface area contributed by atoms with Gasteiger partial charge in [-0.05, 0) is 0 Å². The molecule has 3 rings (SSSR count). The minimum Gasteiger partial charge on any atom is -0.308 e. The van der Waals surface area contributed by atoms with Crippen LogP contribution in [0.2, 0.25) is 0 Å². The summed E-state index contributed by atoms with van der Waals surface area (Å²) in [5.74, 6) is 4.68. The molecule has 2 heterocycles. The number of nitrogens with zero attached hydrogens (tertiary/aromatic N) is 2. The number of aromatic hydroxyl groups is 1. The Morgan fingerprint density at radius 3 is 2.71 bits per heavy atom. The molecule has 0 aliphatic carbocycles. The number of hydrogen-bond acceptors (Lipinski definition) is 5. The molecule has 1 aromatic heterocycles. The van der Waals surface area contributed by atoms with Gasteiger partial charge in [-0.2, -0.15) is 0 Å². The molecule has 5 nitrogen and oxygen atoms in total. The minimum atomic E-state index is -0.228. The average molecular weight is 436 g/mol. The number of alkyl halides is 1. The van der Waals surface area contributed by atoms with Crippen LogP contribution in [0.4, 0.5) is 0 Å². The molecule has 1 aliphatic rings. The first-order valence-electron chi connectivity index (χ1n) is 5.95. The molecule has 21 heavy (non-hydrogen) atoms. The SMILES string of the molecule is CC1(C)[I-]c2cc(O)ccc2-c2ncn[c-]c21.CON.[V]. The van der Waals surface area contributed by atoms with Crippen LogP contribution < -0.4 is 27.1 Å². The standard InChI is InChI=1S/C13H11IN2O.CH5NO.V/c1-13(2)10-6-15-7-16-12(10)9-4-3-8(17)5-11(9)14-13;1-3-2;/h3-5,7,17H,1-2H3;2H2,1H3;/q-2;;. The Morgan fingerprint density at radius 1 is 1.38 bits per heavy atom. The van der Waals surface area contributed by atoms with Crippen LogP contribution in [0.1, 0.15) is 19.4 Å². The smallest absolute Gasteiger partial charge is 0.0569 e. The molecule has 0 bridgehead atoms. The predicted octanol–water partition coefficient (Wildman–Crippen LogP) is -1.34. The molecule has 1 radical (unpaired) electrons. The number of fused-ring (bicyclic) bond motifs is 3. The second kappa shape index (κ2) is 7.55. The summed E-state index contributed by atoms with van der Waals surface area (Å²) in [7, 11) is 1.40. The van der Waals surface area contributed by atoms with Crippen molar-refractivity contribution >= 4 is 0 Å². The summed E-state index contributed by atoms with van der Waals surface area (Å²) in [5, 5.41) is 9.58. The predicted molar refractivity (Wildman–Crippen MR) is 70.9 cm³/mol. The van der Waals surface area contributed by atoms with Gasteiger partial charge in [0.05, 0.1) is 7.11 Å². The third-order valence-corrected chi connectivity index (χ3v) is 6.16. The topological polar surface area (TPSA) is 81.3 Å². The fourth-order valence-corrected chi connectivity index (χ4v) is 5.29. The Balaban J connectivity index is 0.000000510. The monoisotopic (exact) mass is 436 g/mol. The van der Waals surface area contributed by atoms with Crippen LogP contribution in [0.25, 0.3) is 11.3 Å². The molecule has 0 saturated carbocycles. The maximum Gasteiger partial charge on any atom is 0.0569 e. The molecule has 3 N–H and O–H groups in total. The van der Waals surface area contributed by atoms with Gasteiger partial charge in [0, 0.05) is 18.6 Å². The van der Waals surface area contributed by atoms with Crippen molar-refractivity contribution in [3.8, 4) is 17.0 Å². The van der Waals surface area contributed by atoms with Crippen molar-refractivity contribution in [2.75, 3.05) is 7.11 Å². The van der Waals surface area contributed by atoms with Gasteiger partial charge in [0.2, 0.25) is 0 Å². The third kappa shape index (κ3) is 3.95. The number of hydrogen-bond donors (Lipinski definition) is 2. The zero-order chi connectivity index (χ0) is 14.8. The van der Waals surface area contributed by atoms with Crippen molar-refractivity contribution in [1.29, 1.82) is 0 Å². The molecule has 0 unspecified atom stereocenters. The molecule has 1 aliphatic heterocycles. The van der Waals surface area contributed by atoms with Gasteiger partial charge < -0.3 is 4.84 Å². The number of aromatic nitrogens is 2. The summed E-state index contributed by atoms with van der Waals surface area (Å²) < 4.78 is 1.31. The van der Waals surface area contributed by atoms with Crippen LogP contribution in [0.15, 0.2) is 24.5 Å². The van der Waals surface area contributed by atoms with Crippen LogP contribution in [-0.2, 0) is 26.8 Å². The number of halogens is 1. The van der Waals surface area contributed by atoms with Gasteiger partial charge in [-0.15, -0.1) is 0 Å². The Bertz CT molecular complexity index is 623. The Morgan fingerprint density at radius 2 is 2.05 bits per heavy atom. The first kappa shape index (κ1) is 18.4. The van der Waals surface area contributed by atoms with Crippen LogP contribution in [-0.4, -0.2) is 22.2 Å². The normalized spacial score (nSPS) is 14.3. The van der Waals surface area contributed by atoms with Crippen molar-refractivity contribution in [3.05, 3.63) is 39.9 Å². The van der Waals surface area contributed by atoms with E-state index in [1.54, 1.807) is 6.07 Å². The maximum atomic E-state index is 9.58. The summed E-state index contributed by atoms with van der Waals surface area (Å²) in [5.41, 5.74) is 3.19. The summed E-state index contributed by atoms with van der Waals surface area (Å²) in [6.45, 7) is 4.40. The van der Waals surface area contributed by atoms with Crippen LogP contribution in [0.3, 0.4) is 0 Å². The first-order chi connectivity index (χ1) is 9.49. The van der Waals surface area contributed by atoms with E-state index in [1.165, 1.54) is 17.0 Å². The van der Waals surface area contributed by atoms with E-state index in [4.69, 9.17) is 0 Å². The molecule has 0 atom stereocenters. The van der Waals surface area contributed by atoms with E-state index >= 15 is 0 Å². The van der Waals surface area contributed by atoms with Crippen LogP contribution in [0.5, 0.6) is 5.75 Å². The minimum absolute atomic E-state index is 0. The largest absolute Gasteiger partial charge is 0.308 e. The van der Waals surface area contributed by atoms with Gasteiger partial charge in [-0.25, -0.2) is 5.90 Å². The Labute approximate surface area is 146 Å². The second-order valence-electron chi connectivity index (χ2n) is 4.68. The van der Waals surface area contributed by atoms with Crippen molar-refractivity contribution in [2.45, 2.75) is 17.3 Å². The van der Waals surface area contributed by atoms with E-state index in [-0.39, 0.29) is 43.2 Å². The van der Waals surface area contributed by atoms with E-state index in [1.807, 2.05) is 12.1 Å². The summed E-state index contributed by atoms with van der Waals surface area (Å²) in [4.78, 5) is 12.1. The molecule has 0 fully saturated rings. The Hall–Kier alpha value is -0.666. The fraction of sp³-hybridized carbons (Fsp3) is 0.286. The quantitative estimate of drug-likeness (QED) is 0.232. The third-order valence-electron chi connectivity index (χ3n) is 2.80. The van der Waals surface area contributed by atoms with Crippen molar-refractivity contribution in [2.24, 2.45) is 5.90 Å². The molecule has 113 valence electrons. The summed E-state index contributed by atoms with van der Waals surface area (Å²) >= 11 is -0.228. The zero-order valence-corrected chi connectivity index (χ0v) is 15.5. The number of rotatable bonds is 0. The zero-order valence-electron chi connectivity index (χ0n) is 12.0. The van der Waals surface area contributed by atoms with Gasteiger partial charge in [-0.3, -0.25) is 0 Å². The van der Waals surface area contributed by atoms with E-state index < -0.39 is 0 Å². The van der Waals surface area contributed by atoms with E-state index in [0.717, 1.165) is 16.8 Å². The Kier molecular flexibility index (Phi) is 6.61. The number of phenols is 1. The van der Waals surface area contributed by atoms with Gasteiger partial charge in [0.25, 0.3) is 0 Å². The number of nitrogens with two attached hydrogens (primary N) is 1. The fourth-order valence-electron chi connectivity index (χ4n) is 1.99. The first-order valence-corrected chi connectivity index (χ1v) is 8.10. The molecule has 0 amide bonds. The number of phenolic OH excluding ortho intramolecular Hbond substituents is 1. The van der Waals surface area contributed by atoms with Crippen molar-refractivity contribution in [1.82, 2.24) is 9.97 Å². The van der Waals surface area contributed by atoms with Gasteiger partial charge in [0.15, 0.2) is 0 Å². The van der Waals surface area contributed by atoms with Crippen molar-refractivity contribution in [3.63, 3.8) is 0 Å². The van der Waals surface area contributed by atoms with E-state index in [2.05, 4.69) is 40.7 Å². The maximum absolute atomic E-state index is 9.58. The summed E-state index contributed by atoms with van der Waals surface area (Å²) in [6, 6.07) is 5.53. The van der Waals surface area contributed by atoms with Gasteiger partial charge >= 0.3 is 110 Å². The molecular weight excluding hydrogens is 420 g/mol. The average Bonchev–Trinajstić information content (AvgIpc) is 2.39. The van der Waals surface area contributed by atoms with E-state index in [9.17, 15) is 5.11 Å². The van der Waals surface area contributed by atoms with Crippen molar-refractivity contribution < 1.29 is 49.7 Å². The van der Waals surface area contributed by atoms with Crippen LogP contribution >= 0.6 is 0 Å². The summed E-state index contributed by atoms with van der Waals surface area (Å²) in [6.07, 6.45) is 4.62. The number of benzene rings is 1.